The van der Waals surface area contributed by atoms with Crippen LogP contribution in [-0.2, 0) is 11.3 Å². The first-order chi connectivity index (χ1) is 15.7. The zero-order valence-electron chi connectivity index (χ0n) is 18.2. The van der Waals surface area contributed by atoms with E-state index in [-0.39, 0.29) is 17.9 Å². The molecule has 0 radical (unpaired) electrons. The van der Waals surface area contributed by atoms with Crippen molar-refractivity contribution in [2.45, 2.75) is 25.4 Å². The SMILES string of the molecule is O=C(c1ccc2ncccc2c1)N1CCN(C2CCCN(Cc3ccccc3)C2=O)CC1. The van der Waals surface area contributed by atoms with Crippen LogP contribution in [0.2, 0.25) is 0 Å². The van der Waals surface area contributed by atoms with Gasteiger partial charge in [-0.2, -0.15) is 0 Å². The Kier molecular flexibility index (Phi) is 5.86. The van der Waals surface area contributed by atoms with Gasteiger partial charge >= 0.3 is 0 Å². The van der Waals surface area contributed by atoms with Gasteiger partial charge < -0.3 is 9.80 Å². The molecule has 6 nitrogen and oxygen atoms in total. The topological polar surface area (TPSA) is 56.8 Å². The molecule has 0 N–H and O–H groups in total. The Morgan fingerprint density at radius 1 is 0.938 bits per heavy atom. The molecule has 0 aliphatic carbocycles. The number of hydrogen-bond donors (Lipinski definition) is 0. The zero-order valence-corrected chi connectivity index (χ0v) is 18.2. The second-order valence-corrected chi connectivity index (χ2v) is 8.64. The van der Waals surface area contributed by atoms with E-state index in [1.54, 1.807) is 6.20 Å². The molecule has 1 atom stereocenters. The molecule has 6 heteroatoms. The van der Waals surface area contributed by atoms with E-state index in [0.29, 0.717) is 25.2 Å². The number of likely N-dealkylation sites (tertiary alicyclic amines) is 1. The molecule has 2 saturated heterocycles. The summed E-state index contributed by atoms with van der Waals surface area (Å²) in [6, 6.07) is 19.7. The van der Waals surface area contributed by atoms with Crippen molar-refractivity contribution in [2.24, 2.45) is 0 Å². The van der Waals surface area contributed by atoms with Crippen LogP contribution in [0.4, 0.5) is 0 Å². The predicted molar refractivity (Wildman–Crippen MR) is 124 cm³/mol. The minimum Gasteiger partial charge on any atom is -0.337 e. The van der Waals surface area contributed by atoms with Gasteiger partial charge in [0.15, 0.2) is 0 Å². The Labute approximate surface area is 188 Å². The van der Waals surface area contributed by atoms with Gasteiger partial charge in [0.2, 0.25) is 5.91 Å². The molecule has 2 fully saturated rings. The Balaban J connectivity index is 1.21. The summed E-state index contributed by atoms with van der Waals surface area (Å²) in [7, 11) is 0. The van der Waals surface area contributed by atoms with Crippen molar-refractivity contribution in [3.63, 3.8) is 0 Å². The third kappa shape index (κ3) is 4.23. The third-order valence-electron chi connectivity index (χ3n) is 6.61. The van der Waals surface area contributed by atoms with Gasteiger partial charge in [0.05, 0.1) is 11.6 Å². The first-order valence-electron chi connectivity index (χ1n) is 11.4. The number of carbonyl (C=O) groups is 2. The molecule has 0 spiro atoms. The van der Waals surface area contributed by atoms with Crippen molar-refractivity contribution in [1.82, 2.24) is 19.7 Å². The van der Waals surface area contributed by atoms with Crippen molar-refractivity contribution in [1.29, 1.82) is 0 Å². The fourth-order valence-electron chi connectivity index (χ4n) is 4.85. The molecule has 164 valence electrons. The summed E-state index contributed by atoms with van der Waals surface area (Å²) in [5, 5.41) is 0.975. The molecular formula is C26H28N4O2. The van der Waals surface area contributed by atoms with Crippen LogP contribution in [0.5, 0.6) is 0 Å². The highest BCUT2D eigenvalue weighted by Crippen LogP contribution is 2.22. The van der Waals surface area contributed by atoms with Crippen LogP contribution in [0.25, 0.3) is 10.9 Å². The monoisotopic (exact) mass is 428 g/mol. The predicted octanol–water partition coefficient (Wildman–Crippen LogP) is 3.18. The number of rotatable bonds is 4. The molecule has 0 bridgehead atoms. The van der Waals surface area contributed by atoms with Crippen LogP contribution in [0, 0.1) is 0 Å². The summed E-state index contributed by atoms with van der Waals surface area (Å²) < 4.78 is 0. The van der Waals surface area contributed by atoms with Gasteiger partial charge in [-0.25, -0.2) is 0 Å². The summed E-state index contributed by atoms with van der Waals surface area (Å²) in [6.07, 6.45) is 3.68. The van der Waals surface area contributed by atoms with Gasteiger partial charge in [-0.15, -0.1) is 0 Å². The second-order valence-electron chi connectivity index (χ2n) is 8.64. The molecule has 1 aromatic heterocycles. The number of amides is 2. The Morgan fingerprint density at radius 2 is 1.75 bits per heavy atom. The largest absolute Gasteiger partial charge is 0.337 e. The van der Waals surface area contributed by atoms with E-state index >= 15 is 0 Å². The lowest BCUT2D eigenvalue weighted by Gasteiger charge is -2.42. The number of nitrogens with zero attached hydrogens (tertiary/aromatic N) is 4. The normalized spacial score (nSPS) is 20.0. The first kappa shape index (κ1) is 20.6. The average molecular weight is 429 g/mol. The van der Waals surface area contributed by atoms with Gasteiger partial charge in [-0.05, 0) is 42.7 Å². The maximum Gasteiger partial charge on any atom is 0.253 e. The quantitative estimate of drug-likeness (QED) is 0.641. The fourth-order valence-corrected chi connectivity index (χ4v) is 4.85. The van der Waals surface area contributed by atoms with Gasteiger partial charge in [0.1, 0.15) is 0 Å². The molecule has 3 heterocycles. The number of carbonyl (C=O) groups excluding carboxylic acids is 2. The van der Waals surface area contributed by atoms with Crippen LogP contribution in [0.1, 0.15) is 28.8 Å². The highest BCUT2D eigenvalue weighted by Gasteiger charge is 2.35. The number of fused-ring (bicyclic) bond motifs is 1. The maximum atomic E-state index is 13.2. The third-order valence-corrected chi connectivity index (χ3v) is 6.61. The summed E-state index contributed by atoms with van der Waals surface area (Å²) in [4.78, 5) is 36.7. The molecular weight excluding hydrogens is 400 g/mol. The smallest absolute Gasteiger partial charge is 0.253 e. The van der Waals surface area contributed by atoms with Crippen molar-refractivity contribution >= 4 is 22.7 Å². The Hall–Kier alpha value is -3.25. The summed E-state index contributed by atoms with van der Waals surface area (Å²) in [6.45, 7) is 4.25. The Morgan fingerprint density at radius 3 is 2.56 bits per heavy atom. The van der Waals surface area contributed by atoms with E-state index in [1.165, 1.54) is 5.56 Å². The minimum absolute atomic E-state index is 0.0519. The van der Waals surface area contributed by atoms with Crippen molar-refractivity contribution in [2.75, 3.05) is 32.7 Å². The maximum absolute atomic E-state index is 13.2. The molecule has 2 aliphatic rings. The van der Waals surface area contributed by atoms with Crippen LogP contribution < -0.4 is 0 Å². The second kappa shape index (κ2) is 9.09. The number of hydrogen-bond acceptors (Lipinski definition) is 4. The summed E-state index contributed by atoms with van der Waals surface area (Å²) in [5.74, 6) is 0.276. The fraction of sp³-hybridized carbons (Fsp3) is 0.346. The lowest BCUT2D eigenvalue weighted by atomic mass is 10.0. The zero-order chi connectivity index (χ0) is 21.9. The number of piperazine rings is 1. The molecule has 0 saturated carbocycles. The van der Waals surface area contributed by atoms with Crippen molar-refractivity contribution < 1.29 is 9.59 Å². The number of benzene rings is 2. The van der Waals surface area contributed by atoms with Crippen LogP contribution in [-0.4, -0.2) is 70.3 Å². The van der Waals surface area contributed by atoms with Crippen molar-refractivity contribution in [3.8, 4) is 0 Å². The number of piperidine rings is 1. The van der Waals surface area contributed by atoms with E-state index in [4.69, 9.17) is 0 Å². The molecule has 2 aromatic carbocycles. The lowest BCUT2D eigenvalue weighted by molar-refractivity contribution is -0.141. The van der Waals surface area contributed by atoms with Crippen LogP contribution in [0.15, 0.2) is 66.9 Å². The van der Waals surface area contributed by atoms with E-state index in [2.05, 4.69) is 22.0 Å². The molecule has 1 unspecified atom stereocenters. The van der Waals surface area contributed by atoms with Crippen molar-refractivity contribution in [3.05, 3.63) is 78.0 Å². The van der Waals surface area contributed by atoms with E-state index in [1.807, 2.05) is 58.3 Å². The van der Waals surface area contributed by atoms with Gasteiger partial charge in [-0.3, -0.25) is 19.5 Å². The molecule has 2 aliphatic heterocycles. The minimum atomic E-state index is -0.0727. The average Bonchev–Trinajstić information content (AvgIpc) is 2.85. The Bertz CT molecular complexity index is 1110. The van der Waals surface area contributed by atoms with Crippen LogP contribution >= 0.6 is 0 Å². The van der Waals surface area contributed by atoms with Crippen LogP contribution in [0.3, 0.4) is 0 Å². The van der Waals surface area contributed by atoms with E-state index in [0.717, 1.165) is 43.4 Å². The standard InChI is InChI=1S/C26H28N4O2/c31-25(22-10-11-23-21(18-22)8-4-12-27-23)29-16-14-28(15-17-29)24-9-5-13-30(26(24)32)19-20-6-2-1-3-7-20/h1-4,6-8,10-12,18,24H,5,9,13-17,19H2. The molecule has 2 amide bonds. The summed E-state index contributed by atoms with van der Waals surface area (Å²) >= 11 is 0. The van der Waals surface area contributed by atoms with Gasteiger partial charge in [0.25, 0.3) is 5.91 Å². The first-order valence-corrected chi connectivity index (χ1v) is 11.4. The molecule has 32 heavy (non-hydrogen) atoms. The highest BCUT2D eigenvalue weighted by molar-refractivity contribution is 5.98. The van der Waals surface area contributed by atoms with Gasteiger partial charge in [0, 0.05) is 56.4 Å². The number of aromatic nitrogens is 1. The molecule has 5 rings (SSSR count). The summed E-state index contributed by atoms with van der Waals surface area (Å²) in [5.41, 5.74) is 2.76. The van der Waals surface area contributed by atoms with Gasteiger partial charge in [-0.1, -0.05) is 36.4 Å². The lowest BCUT2D eigenvalue weighted by Crippen LogP contribution is -2.58. The molecule has 3 aromatic rings. The highest BCUT2D eigenvalue weighted by atomic mass is 16.2. The number of pyridine rings is 1. The van der Waals surface area contributed by atoms with E-state index < -0.39 is 0 Å². The van der Waals surface area contributed by atoms with E-state index in [9.17, 15) is 9.59 Å².